The van der Waals surface area contributed by atoms with E-state index in [0.29, 0.717) is 5.92 Å². The van der Waals surface area contributed by atoms with E-state index >= 15 is 0 Å². The molecule has 1 aromatic heterocycles. The molecule has 3 heteroatoms. The van der Waals surface area contributed by atoms with Gasteiger partial charge in [-0.2, -0.15) is 0 Å². The van der Waals surface area contributed by atoms with Crippen LogP contribution in [0.2, 0.25) is 0 Å². The minimum atomic E-state index is -0.264. The highest BCUT2D eigenvalue weighted by atomic mass is 19.1. The first-order chi connectivity index (χ1) is 6.77. The fourth-order valence-corrected chi connectivity index (χ4v) is 2.20. The van der Waals surface area contributed by atoms with Gasteiger partial charge in [-0.25, -0.2) is 4.39 Å². The number of nitrogens with two attached hydrogens (primary N) is 1. The van der Waals surface area contributed by atoms with Gasteiger partial charge in [-0.15, -0.1) is 0 Å². The summed E-state index contributed by atoms with van der Waals surface area (Å²) in [6, 6.07) is 1.73. The number of hydrogen-bond donors (Lipinski definition) is 1. The second-order valence-electron chi connectivity index (χ2n) is 3.99. The molecule has 2 rings (SSSR count). The maximum absolute atomic E-state index is 12.9. The average Bonchev–Trinajstić information content (AvgIpc) is 2.18. The number of pyridine rings is 1. The lowest BCUT2D eigenvalue weighted by molar-refractivity contribution is 0.383. The standard InChI is InChI=1S/C11H15FN2/c12-9-5-8(6-14-7-9)10-3-1-2-4-11(10)13/h5-7,10-11H,1-4,13H2. The fraction of sp³-hybridized carbons (Fsp3) is 0.545. The van der Waals surface area contributed by atoms with E-state index in [-0.39, 0.29) is 11.9 Å². The molecule has 0 aliphatic heterocycles. The van der Waals surface area contributed by atoms with Crippen LogP contribution in [0.5, 0.6) is 0 Å². The van der Waals surface area contributed by atoms with Gasteiger partial charge in [0.1, 0.15) is 5.82 Å². The van der Waals surface area contributed by atoms with Crippen molar-refractivity contribution in [3.63, 3.8) is 0 Å². The van der Waals surface area contributed by atoms with E-state index in [1.54, 1.807) is 12.3 Å². The number of halogens is 1. The molecule has 2 unspecified atom stereocenters. The molecule has 0 amide bonds. The zero-order valence-corrected chi connectivity index (χ0v) is 8.12. The van der Waals surface area contributed by atoms with Gasteiger partial charge in [0, 0.05) is 18.2 Å². The topological polar surface area (TPSA) is 38.9 Å². The largest absolute Gasteiger partial charge is 0.327 e. The van der Waals surface area contributed by atoms with Crippen molar-refractivity contribution in [2.24, 2.45) is 5.73 Å². The predicted octanol–water partition coefficient (Wildman–Crippen LogP) is 2.21. The Morgan fingerprint density at radius 1 is 1.29 bits per heavy atom. The predicted molar refractivity (Wildman–Crippen MR) is 53.4 cm³/mol. The molecule has 0 saturated heterocycles. The minimum Gasteiger partial charge on any atom is -0.327 e. The highest BCUT2D eigenvalue weighted by molar-refractivity contribution is 5.18. The van der Waals surface area contributed by atoms with Crippen LogP contribution in [-0.4, -0.2) is 11.0 Å². The van der Waals surface area contributed by atoms with Gasteiger partial charge in [-0.05, 0) is 24.5 Å². The first-order valence-electron chi connectivity index (χ1n) is 5.13. The average molecular weight is 194 g/mol. The molecule has 2 nitrogen and oxygen atoms in total. The van der Waals surface area contributed by atoms with Crippen LogP contribution in [0.3, 0.4) is 0 Å². The SMILES string of the molecule is NC1CCCCC1c1cncc(F)c1. The third-order valence-corrected chi connectivity index (χ3v) is 2.97. The molecule has 1 aliphatic carbocycles. The van der Waals surface area contributed by atoms with Gasteiger partial charge in [-0.3, -0.25) is 4.98 Å². The first kappa shape index (κ1) is 9.59. The molecule has 1 heterocycles. The second-order valence-corrected chi connectivity index (χ2v) is 3.99. The normalized spacial score (nSPS) is 27.6. The van der Waals surface area contributed by atoms with E-state index in [1.165, 1.54) is 19.0 Å². The van der Waals surface area contributed by atoms with E-state index in [4.69, 9.17) is 5.73 Å². The van der Waals surface area contributed by atoms with Crippen LogP contribution in [0.25, 0.3) is 0 Å². The van der Waals surface area contributed by atoms with Gasteiger partial charge in [0.05, 0.1) is 6.20 Å². The summed E-state index contributed by atoms with van der Waals surface area (Å²) in [7, 11) is 0. The highest BCUT2D eigenvalue weighted by Gasteiger charge is 2.23. The Morgan fingerprint density at radius 2 is 2.07 bits per heavy atom. The molecular formula is C11H15FN2. The quantitative estimate of drug-likeness (QED) is 0.744. The van der Waals surface area contributed by atoms with Gasteiger partial charge in [0.2, 0.25) is 0 Å². The van der Waals surface area contributed by atoms with Crippen LogP contribution in [-0.2, 0) is 0 Å². The van der Waals surface area contributed by atoms with Crippen molar-refractivity contribution in [1.29, 1.82) is 0 Å². The Hall–Kier alpha value is -0.960. The minimum absolute atomic E-state index is 0.173. The van der Waals surface area contributed by atoms with Crippen LogP contribution < -0.4 is 5.73 Å². The van der Waals surface area contributed by atoms with Crippen LogP contribution in [0, 0.1) is 5.82 Å². The summed E-state index contributed by atoms with van der Waals surface area (Å²) >= 11 is 0. The van der Waals surface area contributed by atoms with Crippen molar-refractivity contribution in [1.82, 2.24) is 4.98 Å². The van der Waals surface area contributed by atoms with E-state index in [0.717, 1.165) is 18.4 Å². The fourth-order valence-electron chi connectivity index (χ4n) is 2.20. The van der Waals surface area contributed by atoms with Crippen LogP contribution in [0.1, 0.15) is 37.2 Å². The zero-order valence-electron chi connectivity index (χ0n) is 8.12. The Labute approximate surface area is 83.3 Å². The van der Waals surface area contributed by atoms with E-state index in [9.17, 15) is 4.39 Å². The van der Waals surface area contributed by atoms with E-state index < -0.39 is 0 Å². The van der Waals surface area contributed by atoms with Gasteiger partial charge in [0.25, 0.3) is 0 Å². The maximum atomic E-state index is 12.9. The van der Waals surface area contributed by atoms with Crippen LogP contribution in [0.15, 0.2) is 18.5 Å². The van der Waals surface area contributed by atoms with Gasteiger partial charge in [0.15, 0.2) is 0 Å². The first-order valence-corrected chi connectivity index (χ1v) is 5.13. The lowest BCUT2D eigenvalue weighted by Gasteiger charge is -2.28. The van der Waals surface area contributed by atoms with Crippen molar-refractivity contribution in [3.8, 4) is 0 Å². The Bertz CT molecular complexity index is 314. The van der Waals surface area contributed by atoms with Crippen molar-refractivity contribution in [2.75, 3.05) is 0 Å². The summed E-state index contributed by atoms with van der Waals surface area (Å²) in [6.07, 6.45) is 7.46. The highest BCUT2D eigenvalue weighted by Crippen LogP contribution is 2.31. The molecule has 0 spiro atoms. The number of aromatic nitrogens is 1. The van der Waals surface area contributed by atoms with Crippen LogP contribution >= 0.6 is 0 Å². The summed E-state index contributed by atoms with van der Waals surface area (Å²) in [5, 5.41) is 0. The molecular weight excluding hydrogens is 179 g/mol. The number of rotatable bonds is 1. The molecule has 0 bridgehead atoms. The molecule has 0 aromatic carbocycles. The number of hydrogen-bond acceptors (Lipinski definition) is 2. The monoisotopic (exact) mass is 194 g/mol. The molecule has 0 radical (unpaired) electrons. The summed E-state index contributed by atoms with van der Waals surface area (Å²) in [5.41, 5.74) is 6.97. The Kier molecular flexibility index (Phi) is 2.77. The van der Waals surface area contributed by atoms with Crippen LogP contribution in [0.4, 0.5) is 4.39 Å². The van der Waals surface area contributed by atoms with Gasteiger partial charge >= 0.3 is 0 Å². The maximum Gasteiger partial charge on any atom is 0.141 e. The van der Waals surface area contributed by atoms with Gasteiger partial charge < -0.3 is 5.73 Å². The second kappa shape index (κ2) is 4.05. The summed E-state index contributed by atoms with van der Waals surface area (Å²) in [4.78, 5) is 3.86. The molecule has 1 fully saturated rings. The third kappa shape index (κ3) is 1.93. The summed E-state index contributed by atoms with van der Waals surface area (Å²) in [5.74, 6) is 0.0345. The smallest absolute Gasteiger partial charge is 0.141 e. The van der Waals surface area contributed by atoms with Crippen molar-refractivity contribution >= 4 is 0 Å². The molecule has 14 heavy (non-hydrogen) atoms. The van der Waals surface area contributed by atoms with Crippen molar-refractivity contribution < 1.29 is 4.39 Å². The Balaban J connectivity index is 2.20. The van der Waals surface area contributed by atoms with Gasteiger partial charge in [-0.1, -0.05) is 12.8 Å². The summed E-state index contributed by atoms with van der Waals surface area (Å²) in [6.45, 7) is 0. The van der Waals surface area contributed by atoms with E-state index in [1.807, 2.05) is 0 Å². The zero-order chi connectivity index (χ0) is 9.97. The molecule has 76 valence electrons. The molecule has 2 atom stereocenters. The molecule has 1 saturated carbocycles. The lowest BCUT2D eigenvalue weighted by atomic mass is 9.81. The van der Waals surface area contributed by atoms with Crippen molar-refractivity contribution in [3.05, 3.63) is 29.8 Å². The number of nitrogens with zero attached hydrogens (tertiary/aromatic N) is 1. The lowest BCUT2D eigenvalue weighted by Crippen LogP contribution is -2.31. The van der Waals surface area contributed by atoms with E-state index in [2.05, 4.69) is 4.98 Å². The summed E-state index contributed by atoms with van der Waals surface area (Å²) < 4.78 is 12.9. The molecule has 1 aromatic rings. The Morgan fingerprint density at radius 3 is 2.79 bits per heavy atom. The molecule has 2 N–H and O–H groups in total. The molecule has 1 aliphatic rings. The third-order valence-electron chi connectivity index (χ3n) is 2.97. The van der Waals surface area contributed by atoms with Crippen molar-refractivity contribution in [2.45, 2.75) is 37.6 Å².